The van der Waals surface area contributed by atoms with Crippen molar-refractivity contribution in [2.75, 3.05) is 0 Å². The summed E-state index contributed by atoms with van der Waals surface area (Å²) in [7, 11) is -3.46. The van der Waals surface area contributed by atoms with Gasteiger partial charge in [-0.3, -0.25) is 0 Å². The number of nitrogens with one attached hydrogen (secondary N) is 2. The Labute approximate surface area is 119 Å². The Kier molecular flexibility index (Phi) is 7.55. The quantitative estimate of drug-likeness (QED) is 0.649. The zero-order valence-electron chi connectivity index (χ0n) is 13.5. The molecular formula is C14H32N2O2S. The molecule has 4 nitrogen and oxygen atoms in total. The smallest absolute Gasteiger partial charge is 0.197 e. The van der Waals surface area contributed by atoms with Crippen molar-refractivity contribution < 1.29 is 8.42 Å². The van der Waals surface area contributed by atoms with Gasteiger partial charge in [0.2, 0.25) is 0 Å². The first-order valence-corrected chi connectivity index (χ1v) is 8.85. The van der Waals surface area contributed by atoms with E-state index in [0.29, 0.717) is 0 Å². The molecule has 0 aromatic rings. The molecule has 2 N–H and O–H groups in total. The van der Waals surface area contributed by atoms with Gasteiger partial charge in [0, 0.05) is 11.1 Å². The molecule has 0 spiro atoms. The minimum atomic E-state index is -3.46. The first kappa shape index (κ1) is 18.9. The van der Waals surface area contributed by atoms with Gasteiger partial charge in [-0.05, 0) is 40.5 Å². The van der Waals surface area contributed by atoms with E-state index in [-0.39, 0.29) is 0 Å². The fraction of sp³-hybridized carbons (Fsp3) is 1.00. The second-order valence-corrected chi connectivity index (χ2v) is 8.10. The molecule has 0 atom stereocenters. The summed E-state index contributed by atoms with van der Waals surface area (Å²) < 4.78 is 29.9. The first-order chi connectivity index (χ1) is 8.54. The Bertz CT molecular complexity index is 320. The van der Waals surface area contributed by atoms with Crippen molar-refractivity contribution in [1.29, 1.82) is 0 Å². The van der Waals surface area contributed by atoms with Crippen molar-refractivity contribution in [3.8, 4) is 0 Å². The standard InChI is InChI=1S/C14H32N2O2S/c1-7-9-11-13(3,4)15-19(17,18)16-14(5,6)12-10-8-2/h15-16H,7-12H2,1-6H3. The average Bonchev–Trinajstić information content (AvgIpc) is 2.20. The highest BCUT2D eigenvalue weighted by molar-refractivity contribution is 7.87. The molecule has 0 aliphatic rings. The normalized spacial score (nSPS) is 13.8. The molecule has 5 heteroatoms. The minimum Gasteiger partial charge on any atom is -0.197 e. The van der Waals surface area contributed by atoms with E-state index in [2.05, 4.69) is 23.3 Å². The lowest BCUT2D eigenvalue weighted by molar-refractivity contribution is 0.377. The predicted octanol–water partition coefficient (Wildman–Crippen LogP) is 3.35. The number of rotatable bonds is 10. The maximum absolute atomic E-state index is 12.2. The number of hydrogen-bond donors (Lipinski definition) is 2. The lowest BCUT2D eigenvalue weighted by Crippen LogP contribution is -2.54. The third kappa shape index (κ3) is 9.41. The summed E-state index contributed by atoms with van der Waals surface area (Å²) in [5, 5.41) is 0. The molecule has 0 amide bonds. The summed E-state index contributed by atoms with van der Waals surface area (Å²) in [6.07, 6.45) is 5.88. The van der Waals surface area contributed by atoms with E-state index in [1.165, 1.54) is 0 Å². The fourth-order valence-electron chi connectivity index (χ4n) is 2.09. The summed E-state index contributed by atoms with van der Waals surface area (Å²) in [6.45, 7) is 11.9. The summed E-state index contributed by atoms with van der Waals surface area (Å²) in [5.41, 5.74) is -0.800. The second-order valence-electron chi connectivity index (χ2n) is 6.68. The van der Waals surface area contributed by atoms with Gasteiger partial charge < -0.3 is 0 Å². The molecule has 0 aromatic heterocycles. The zero-order valence-corrected chi connectivity index (χ0v) is 14.3. The summed E-state index contributed by atoms with van der Waals surface area (Å²) >= 11 is 0. The highest BCUT2D eigenvalue weighted by atomic mass is 32.2. The second kappa shape index (κ2) is 7.60. The van der Waals surface area contributed by atoms with Crippen molar-refractivity contribution in [2.24, 2.45) is 0 Å². The molecule has 116 valence electrons. The Hall–Kier alpha value is -0.130. The van der Waals surface area contributed by atoms with Gasteiger partial charge in [0.25, 0.3) is 10.2 Å². The monoisotopic (exact) mass is 292 g/mol. The lowest BCUT2D eigenvalue weighted by Gasteiger charge is -2.31. The van der Waals surface area contributed by atoms with Crippen LogP contribution < -0.4 is 9.44 Å². The molecule has 0 unspecified atom stereocenters. The van der Waals surface area contributed by atoms with Crippen LogP contribution in [0, 0.1) is 0 Å². The van der Waals surface area contributed by atoms with Crippen LogP contribution in [0.25, 0.3) is 0 Å². The van der Waals surface area contributed by atoms with Gasteiger partial charge in [0.15, 0.2) is 0 Å². The van der Waals surface area contributed by atoms with Crippen LogP contribution in [0.3, 0.4) is 0 Å². The summed E-state index contributed by atoms with van der Waals surface area (Å²) in [5.74, 6) is 0. The van der Waals surface area contributed by atoms with Gasteiger partial charge in [-0.25, -0.2) is 0 Å². The van der Waals surface area contributed by atoms with E-state index in [1.807, 2.05) is 27.7 Å². The Morgan fingerprint density at radius 3 is 1.37 bits per heavy atom. The van der Waals surface area contributed by atoms with Crippen LogP contribution in [0.2, 0.25) is 0 Å². The molecule has 0 saturated heterocycles. The van der Waals surface area contributed by atoms with Crippen LogP contribution >= 0.6 is 0 Å². The van der Waals surface area contributed by atoms with Crippen LogP contribution in [0.15, 0.2) is 0 Å². The van der Waals surface area contributed by atoms with Crippen molar-refractivity contribution in [3.05, 3.63) is 0 Å². The van der Waals surface area contributed by atoms with Gasteiger partial charge >= 0.3 is 0 Å². The molecule has 0 radical (unpaired) electrons. The van der Waals surface area contributed by atoms with E-state index in [9.17, 15) is 8.42 Å². The largest absolute Gasteiger partial charge is 0.277 e. The van der Waals surface area contributed by atoms with Crippen LogP contribution in [0.1, 0.15) is 80.1 Å². The highest BCUT2D eigenvalue weighted by Gasteiger charge is 2.29. The molecule has 19 heavy (non-hydrogen) atoms. The molecule has 0 fully saturated rings. The van der Waals surface area contributed by atoms with Crippen molar-refractivity contribution in [1.82, 2.24) is 9.44 Å². The molecule has 0 aromatic carbocycles. The molecule has 0 aliphatic carbocycles. The van der Waals surface area contributed by atoms with Crippen molar-refractivity contribution in [2.45, 2.75) is 91.1 Å². The van der Waals surface area contributed by atoms with Gasteiger partial charge in [0.1, 0.15) is 0 Å². The zero-order chi connectivity index (χ0) is 15.2. The minimum absolute atomic E-state index is 0.400. The van der Waals surface area contributed by atoms with E-state index in [1.54, 1.807) is 0 Å². The van der Waals surface area contributed by atoms with Crippen LogP contribution in [0.5, 0.6) is 0 Å². The summed E-state index contributed by atoms with van der Waals surface area (Å²) in [6, 6.07) is 0. The molecule has 0 saturated carbocycles. The van der Waals surface area contributed by atoms with Crippen molar-refractivity contribution in [3.63, 3.8) is 0 Å². The van der Waals surface area contributed by atoms with Gasteiger partial charge in [-0.15, -0.1) is 0 Å². The SMILES string of the molecule is CCCCC(C)(C)NS(=O)(=O)NC(C)(C)CCCC. The van der Waals surface area contributed by atoms with Gasteiger partial charge in [-0.1, -0.05) is 39.5 Å². The lowest BCUT2D eigenvalue weighted by atomic mass is 9.99. The molecule has 0 rings (SSSR count). The van der Waals surface area contributed by atoms with E-state index < -0.39 is 21.3 Å². The Morgan fingerprint density at radius 1 is 0.789 bits per heavy atom. The van der Waals surface area contributed by atoms with Crippen LogP contribution in [-0.4, -0.2) is 19.5 Å². The van der Waals surface area contributed by atoms with E-state index in [4.69, 9.17) is 0 Å². The Morgan fingerprint density at radius 2 is 1.11 bits per heavy atom. The van der Waals surface area contributed by atoms with Gasteiger partial charge in [-0.2, -0.15) is 17.9 Å². The third-order valence-corrected chi connectivity index (χ3v) is 4.77. The highest BCUT2D eigenvalue weighted by Crippen LogP contribution is 2.17. The maximum atomic E-state index is 12.2. The molecule has 0 bridgehead atoms. The summed E-state index contributed by atoms with van der Waals surface area (Å²) in [4.78, 5) is 0. The topological polar surface area (TPSA) is 58.2 Å². The molecule has 0 aliphatic heterocycles. The van der Waals surface area contributed by atoms with E-state index in [0.717, 1.165) is 38.5 Å². The first-order valence-electron chi connectivity index (χ1n) is 7.36. The maximum Gasteiger partial charge on any atom is 0.277 e. The van der Waals surface area contributed by atoms with Crippen LogP contribution in [0.4, 0.5) is 0 Å². The number of hydrogen-bond acceptors (Lipinski definition) is 2. The Balaban J connectivity index is 4.54. The molecule has 0 heterocycles. The van der Waals surface area contributed by atoms with Gasteiger partial charge in [0.05, 0.1) is 0 Å². The molecular weight excluding hydrogens is 260 g/mol. The average molecular weight is 292 g/mol. The van der Waals surface area contributed by atoms with Crippen LogP contribution in [-0.2, 0) is 10.2 Å². The van der Waals surface area contributed by atoms with E-state index >= 15 is 0 Å². The van der Waals surface area contributed by atoms with Crippen molar-refractivity contribution >= 4 is 10.2 Å². The fourth-order valence-corrected chi connectivity index (χ4v) is 3.80. The number of unbranched alkanes of at least 4 members (excludes halogenated alkanes) is 2. The predicted molar refractivity (Wildman–Crippen MR) is 82.4 cm³/mol. The third-order valence-electron chi connectivity index (χ3n) is 3.13.